The molecule has 4 heterocycles. The summed E-state index contributed by atoms with van der Waals surface area (Å²) in [6.07, 6.45) is -3.34. The molecule has 0 saturated carbocycles. The maximum atomic E-state index is 12.9. The van der Waals surface area contributed by atoms with Crippen molar-refractivity contribution in [2.24, 2.45) is 0 Å². The summed E-state index contributed by atoms with van der Waals surface area (Å²) in [5.41, 5.74) is 0.943. The zero-order chi connectivity index (χ0) is 21.5. The predicted octanol–water partition coefficient (Wildman–Crippen LogP) is 2.72. The fraction of sp³-hybridized carbons (Fsp3) is 0.421. The molecule has 0 unspecified atom stereocenters. The first-order chi connectivity index (χ1) is 14.2. The molecule has 3 aromatic heterocycles. The number of hydrogen-bond donors (Lipinski definition) is 0. The van der Waals surface area contributed by atoms with E-state index in [1.165, 1.54) is 0 Å². The number of nitrogens with zero attached hydrogens (tertiary/aromatic N) is 8. The van der Waals surface area contributed by atoms with Gasteiger partial charge in [-0.2, -0.15) is 18.3 Å². The summed E-state index contributed by atoms with van der Waals surface area (Å²) in [7, 11) is 0. The highest BCUT2D eigenvalue weighted by atomic mass is 19.4. The minimum absolute atomic E-state index is 0.0895. The van der Waals surface area contributed by atoms with Crippen molar-refractivity contribution in [2.75, 3.05) is 36.0 Å². The molecular formula is C19H21F3N8. The van der Waals surface area contributed by atoms with Gasteiger partial charge in [-0.3, -0.25) is 0 Å². The Bertz CT molecular complexity index is 1050. The number of piperazine rings is 1. The fourth-order valence-electron chi connectivity index (χ4n) is 3.46. The van der Waals surface area contributed by atoms with Gasteiger partial charge in [0.25, 0.3) is 0 Å². The summed E-state index contributed by atoms with van der Waals surface area (Å²) in [6.45, 7) is 7.84. The van der Waals surface area contributed by atoms with Gasteiger partial charge in [0.15, 0.2) is 5.82 Å². The highest BCUT2D eigenvalue weighted by Crippen LogP contribution is 2.28. The van der Waals surface area contributed by atoms with Crippen molar-refractivity contribution in [1.29, 1.82) is 0 Å². The average molecular weight is 418 g/mol. The third-order valence-electron chi connectivity index (χ3n) is 4.86. The van der Waals surface area contributed by atoms with Crippen LogP contribution in [0.2, 0.25) is 0 Å². The lowest BCUT2D eigenvalue weighted by atomic mass is 10.3. The van der Waals surface area contributed by atoms with E-state index in [0.717, 1.165) is 29.5 Å². The summed E-state index contributed by atoms with van der Waals surface area (Å²) < 4.78 is 40.6. The van der Waals surface area contributed by atoms with Gasteiger partial charge in [0, 0.05) is 44.1 Å². The lowest BCUT2D eigenvalue weighted by molar-refractivity contribution is -0.141. The van der Waals surface area contributed by atoms with E-state index in [1.807, 2.05) is 32.9 Å². The van der Waals surface area contributed by atoms with Crippen LogP contribution in [-0.4, -0.2) is 55.9 Å². The molecule has 30 heavy (non-hydrogen) atoms. The Labute approximate surface area is 171 Å². The maximum absolute atomic E-state index is 12.9. The molecule has 0 spiro atoms. The quantitative estimate of drug-likeness (QED) is 0.647. The van der Waals surface area contributed by atoms with E-state index >= 15 is 0 Å². The van der Waals surface area contributed by atoms with E-state index < -0.39 is 11.9 Å². The van der Waals surface area contributed by atoms with Crippen molar-refractivity contribution in [1.82, 2.24) is 29.7 Å². The molecule has 4 rings (SSSR count). The monoisotopic (exact) mass is 418 g/mol. The third kappa shape index (κ3) is 4.05. The van der Waals surface area contributed by atoms with Gasteiger partial charge >= 0.3 is 6.18 Å². The molecule has 158 valence electrons. The van der Waals surface area contributed by atoms with Crippen LogP contribution in [0.25, 0.3) is 5.82 Å². The highest BCUT2D eigenvalue weighted by Gasteiger charge is 2.33. The average Bonchev–Trinajstić information content (AvgIpc) is 3.05. The first kappa shape index (κ1) is 20.0. The minimum Gasteiger partial charge on any atom is -0.353 e. The summed E-state index contributed by atoms with van der Waals surface area (Å²) in [4.78, 5) is 20.6. The van der Waals surface area contributed by atoms with Crippen LogP contribution in [0.15, 0.2) is 24.4 Å². The second-order valence-corrected chi connectivity index (χ2v) is 7.18. The molecule has 1 aliphatic heterocycles. The summed E-state index contributed by atoms with van der Waals surface area (Å²) in [5, 5.41) is 4.48. The molecule has 1 fully saturated rings. The maximum Gasteiger partial charge on any atom is 0.433 e. The van der Waals surface area contributed by atoms with Crippen LogP contribution in [0.4, 0.5) is 24.9 Å². The van der Waals surface area contributed by atoms with E-state index in [1.54, 1.807) is 9.58 Å². The van der Waals surface area contributed by atoms with Gasteiger partial charge in [-0.05, 0) is 32.9 Å². The topological polar surface area (TPSA) is 75.9 Å². The molecule has 8 nitrogen and oxygen atoms in total. The van der Waals surface area contributed by atoms with Crippen LogP contribution in [0.5, 0.6) is 0 Å². The van der Waals surface area contributed by atoms with Gasteiger partial charge in [0.1, 0.15) is 17.3 Å². The Hall–Kier alpha value is -3.24. The van der Waals surface area contributed by atoms with Crippen molar-refractivity contribution in [3.63, 3.8) is 0 Å². The van der Waals surface area contributed by atoms with Crippen LogP contribution < -0.4 is 9.80 Å². The summed E-state index contributed by atoms with van der Waals surface area (Å²) >= 11 is 0. The number of alkyl halides is 3. The van der Waals surface area contributed by atoms with Crippen LogP contribution in [0.1, 0.15) is 22.9 Å². The molecule has 3 aromatic rings. The smallest absolute Gasteiger partial charge is 0.353 e. The third-order valence-corrected chi connectivity index (χ3v) is 4.86. The van der Waals surface area contributed by atoms with E-state index in [0.29, 0.717) is 37.8 Å². The molecule has 1 saturated heterocycles. The van der Waals surface area contributed by atoms with E-state index in [2.05, 4.69) is 29.9 Å². The molecule has 0 aromatic carbocycles. The van der Waals surface area contributed by atoms with Crippen LogP contribution in [0.3, 0.4) is 0 Å². The van der Waals surface area contributed by atoms with Gasteiger partial charge in [0.2, 0.25) is 5.95 Å². The molecule has 0 radical (unpaired) electrons. The minimum atomic E-state index is -4.49. The number of halogens is 3. The number of rotatable bonds is 3. The molecular weight excluding hydrogens is 397 g/mol. The summed E-state index contributed by atoms with van der Waals surface area (Å²) in [6, 6.07) is 4.73. The molecule has 1 aliphatic rings. The molecule has 0 atom stereocenters. The Morgan fingerprint density at radius 3 is 2.17 bits per heavy atom. The Balaban J connectivity index is 1.52. The van der Waals surface area contributed by atoms with Crippen molar-refractivity contribution in [2.45, 2.75) is 26.9 Å². The normalized spacial score (nSPS) is 15.0. The zero-order valence-electron chi connectivity index (χ0n) is 16.8. The number of anilines is 2. The highest BCUT2D eigenvalue weighted by molar-refractivity contribution is 5.47. The van der Waals surface area contributed by atoms with Gasteiger partial charge < -0.3 is 9.80 Å². The van der Waals surface area contributed by atoms with E-state index in [-0.39, 0.29) is 5.95 Å². The number of aryl methyl sites for hydroxylation is 3. The lowest BCUT2D eigenvalue weighted by Crippen LogP contribution is -2.47. The first-order valence-electron chi connectivity index (χ1n) is 9.50. The van der Waals surface area contributed by atoms with Crippen LogP contribution >= 0.6 is 0 Å². The van der Waals surface area contributed by atoms with E-state index in [9.17, 15) is 13.2 Å². The van der Waals surface area contributed by atoms with Gasteiger partial charge in [-0.1, -0.05) is 0 Å². The van der Waals surface area contributed by atoms with Crippen LogP contribution in [0, 0.1) is 20.8 Å². The number of hydrogen-bond acceptors (Lipinski definition) is 7. The van der Waals surface area contributed by atoms with Crippen LogP contribution in [-0.2, 0) is 6.18 Å². The molecule has 11 heteroatoms. The molecule has 0 bridgehead atoms. The Kier molecular flexibility index (Phi) is 5.04. The van der Waals surface area contributed by atoms with Gasteiger partial charge in [-0.15, -0.1) is 0 Å². The van der Waals surface area contributed by atoms with E-state index in [4.69, 9.17) is 0 Å². The van der Waals surface area contributed by atoms with Crippen molar-refractivity contribution in [3.05, 3.63) is 47.3 Å². The largest absolute Gasteiger partial charge is 0.433 e. The van der Waals surface area contributed by atoms with Gasteiger partial charge in [0.05, 0.1) is 5.69 Å². The molecule has 0 aliphatic carbocycles. The molecule has 0 N–H and O–H groups in total. The molecule has 0 amide bonds. The van der Waals surface area contributed by atoms with Crippen molar-refractivity contribution >= 4 is 11.8 Å². The Morgan fingerprint density at radius 2 is 1.53 bits per heavy atom. The fourth-order valence-corrected chi connectivity index (χ4v) is 3.46. The number of aromatic nitrogens is 6. The Morgan fingerprint density at radius 1 is 0.867 bits per heavy atom. The summed E-state index contributed by atoms with van der Waals surface area (Å²) in [5.74, 6) is 2.16. The van der Waals surface area contributed by atoms with Crippen molar-refractivity contribution < 1.29 is 13.2 Å². The predicted molar refractivity (Wildman–Crippen MR) is 105 cm³/mol. The SMILES string of the molecule is Cc1cc(C)n(-c2cc(N3CCN(c4nccc(C(F)(F)F)n4)CC3)nc(C)n2)n1. The van der Waals surface area contributed by atoms with Crippen molar-refractivity contribution in [3.8, 4) is 5.82 Å². The van der Waals surface area contributed by atoms with Gasteiger partial charge in [-0.25, -0.2) is 24.6 Å². The first-order valence-corrected chi connectivity index (χ1v) is 9.50. The lowest BCUT2D eigenvalue weighted by Gasteiger charge is -2.35. The zero-order valence-corrected chi connectivity index (χ0v) is 16.8. The second-order valence-electron chi connectivity index (χ2n) is 7.18. The standard InChI is InChI=1S/C19H21F3N8/c1-12-10-13(2)30(27-12)17-11-16(24-14(3)25-17)28-6-8-29(9-7-28)18-23-5-4-15(26-18)19(20,21)22/h4-5,10-11H,6-9H2,1-3H3. The second kappa shape index (κ2) is 7.54.